The van der Waals surface area contributed by atoms with Gasteiger partial charge in [-0.1, -0.05) is 31.0 Å². The van der Waals surface area contributed by atoms with Crippen molar-refractivity contribution in [2.75, 3.05) is 23.3 Å². The highest BCUT2D eigenvalue weighted by molar-refractivity contribution is 5.59. The Bertz CT molecular complexity index is 533. The minimum absolute atomic E-state index is 0.852. The summed E-state index contributed by atoms with van der Waals surface area (Å²) in [5.74, 6) is 1.88. The number of hydrogen-bond acceptors (Lipinski definition) is 4. The Kier molecular flexibility index (Phi) is 4.11. The lowest BCUT2D eigenvalue weighted by molar-refractivity contribution is 0.726. The number of anilines is 3. The monoisotopic (exact) mass is 268 g/mol. The number of rotatable bonds is 3. The molecule has 0 atom stereocenters. The second kappa shape index (κ2) is 6.37. The molecule has 1 aliphatic heterocycles. The van der Waals surface area contributed by atoms with Crippen LogP contribution in [0.25, 0.3) is 0 Å². The highest BCUT2D eigenvalue weighted by Crippen LogP contribution is 2.21. The number of benzene rings is 1. The van der Waals surface area contributed by atoms with Crippen LogP contribution in [-0.2, 0) is 0 Å². The van der Waals surface area contributed by atoms with Gasteiger partial charge in [-0.2, -0.15) is 0 Å². The van der Waals surface area contributed by atoms with E-state index in [1.165, 1.54) is 25.7 Å². The molecule has 2 aromatic rings. The maximum Gasteiger partial charge on any atom is 0.135 e. The summed E-state index contributed by atoms with van der Waals surface area (Å²) in [6, 6.07) is 12.1. The van der Waals surface area contributed by atoms with E-state index >= 15 is 0 Å². The highest BCUT2D eigenvalue weighted by Gasteiger charge is 2.11. The zero-order valence-electron chi connectivity index (χ0n) is 11.6. The highest BCUT2D eigenvalue weighted by atomic mass is 15.2. The van der Waals surface area contributed by atoms with E-state index < -0.39 is 0 Å². The number of para-hydroxylation sites is 1. The van der Waals surface area contributed by atoms with E-state index in [2.05, 4.69) is 20.2 Å². The number of nitrogens with zero attached hydrogens (tertiary/aromatic N) is 3. The molecule has 1 fully saturated rings. The van der Waals surface area contributed by atoms with Crippen LogP contribution in [-0.4, -0.2) is 23.1 Å². The molecule has 1 aromatic heterocycles. The first-order valence-electron chi connectivity index (χ1n) is 7.31. The zero-order chi connectivity index (χ0) is 13.6. The smallest absolute Gasteiger partial charge is 0.135 e. The van der Waals surface area contributed by atoms with Crippen molar-refractivity contribution >= 4 is 17.3 Å². The summed E-state index contributed by atoms with van der Waals surface area (Å²) < 4.78 is 0. The molecule has 20 heavy (non-hydrogen) atoms. The van der Waals surface area contributed by atoms with E-state index in [4.69, 9.17) is 0 Å². The van der Waals surface area contributed by atoms with Crippen LogP contribution >= 0.6 is 0 Å². The van der Waals surface area contributed by atoms with Crippen molar-refractivity contribution in [3.63, 3.8) is 0 Å². The average Bonchev–Trinajstić information content (AvgIpc) is 2.78. The van der Waals surface area contributed by atoms with Crippen molar-refractivity contribution in [1.82, 2.24) is 9.97 Å². The minimum atomic E-state index is 0.852. The fourth-order valence-corrected chi connectivity index (χ4v) is 2.56. The summed E-state index contributed by atoms with van der Waals surface area (Å²) >= 11 is 0. The molecule has 0 radical (unpaired) electrons. The van der Waals surface area contributed by atoms with E-state index in [9.17, 15) is 0 Å². The van der Waals surface area contributed by atoms with Crippen LogP contribution in [0, 0.1) is 0 Å². The molecule has 1 aromatic carbocycles. The standard InChI is InChI=1S/C16H20N4/c1-2-7-11-20(10-6-1)16-12-15(17-13-18-16)19-14-8-4-3-5-9-14/h3-5,8-9,12-13H,1-2,6-7,10-11H2,(H,17,18,19). The van der Waals surface area contributed by atoms with Gasteiger partial charge in [0.1, 0.15) is 18.0 Å². The molecule has 104 valence electrons. The summed E-state index contributed by atoms with van der Waals surface area (Å²) in [6.07, 6.45) is 6.82. The second-order valence-electron chi connectivity index (χ2n) is 5.15. The van der Waals surface area contributed by atoms with Crippen LogP contribution < -0.4 is 10.2 Å². The summed E-state index contributed by atoms with van der Waals surface area (Å²) in [7, 11) is 0. The van der Waals surface area contributed by atoms with Gasteiger partial charge in [0, 0.05) is 24.8 Å². The molecule has 0 bridgehead atoms. The molecule has 1 aliphatic rings. The molecule has 3 rings (SSSR count). The number of aromatic nitrogens is 2. The van der Waals surface area contributed by atoms with Gasteiger partial charge in [-0.05, 0) is 25.0 Å². The molecule has 4 heteroatoms. The molecule has 1 saturated heterocycles. The predicted molar refractivity (Wildman–Crippen MR) is 82.4 cm³/mol. The Morgan fingerprint density at radius 3 is 2.40 bits per heavy atom. The third-order valence-corrected chi connectivity index (χ3v) is 3.63. The first-order valence-corrected chi connectivity index (χ1v) is 7.31. The van der Waals surface area contributed by atoms with Crippen LogP contribution in [0.5, 0.6) is 0 Å². The Morgan fingerprint density at radius 2 is 1.65 bits per heavy atom. The first kappa shape index (κ1) is 12.9. The Labute approximate surface area is 119 Å². The Balaban J connectivity index is 1.75. The van der Waals surface area contributed by atoms with Crippen molar-refractivity contribution in [2.24, 2.45) is 0 Å². The van der Waals surface area contributed by atoms with Crippen LogP contribution in [0.15, 0.2) is 42.7 Å². The van der Waals surface area contributed by atoms with Gasteiger partial charge in [-0.15, -0.1) is 0 Å². The molecule has 0 unspecified atom stereocenters. The van der Waals surface area contributed by atoms with Gasteiger partial charge >= 0.3 is 0 Å². The molecule has 0 spiro atoms. The third kappa shape index (κ3) is 3.26. The zero-order valence-corrected chi connectivity index (χ0v) is 11.6. The maximum absolute atomic E-state index is 4.42. The summed E-state index contributed by atoms with van der Waals surface area (Å²) in [5, 5.41) is 3.32. The van der Waals surface area contributed by atoms with Gasteiger partial charge in [0.25, 0.3) is 0 Å². The Morgan fingerprint density at radius 1 is 0.900 bits per heavy atom. The lowest BCUT2D eigenvalue weighted by Gasteiger charge is -2.21. The van der Waals surface area contributed by atoms with Crippen molar-refractivity contribution in [2.45, 2.75) is 25.7 Å². The lowest BCUT2D eigenvalue weighted by Crippen LogP contribution is -2.24. The minimum Gasteiger partial charge on any atom is -0.356 e. The third-order valence-electron chi connectivity index (χ3n) is 3.63. The van der Waals surface area contributed by atoms with E-state index in [0.717, 1.165) is 30.4 Å². The van der Waals surface area contributed by atoms with Crippen molar-refractivity contribution < 1.29 is 0 Å². The lowest BCUT2D eigenvalue weighted by atomic mass is 10.2. The fraction of sp³-hybridized carbons (Fsp3) is 0.375. The van der Waals surface area contributed by atoms with Gasteiger partial charge < -0.3 is 10.2 Å². The summed E-state index contributed by atoms with van der Waals surface area (Å²) in [5.41, 5.74) is 1.05. The normalized spacial score (nSPS) is 15.7. The average molecular weight is 268 g/mol. The second-order valence-corrected chi connectivity index (χ2v) is 5.15. The van der Waals surface area contributed by atoms with E-state index in [-0.39, 0.29) is 0 Å². The maximum atomic E-state index is 4.42. The van der Waals surface area contributed by atoms with Gasteiger partial charge in [0.2, 0.25) is 0 Å². The van der Waals surface area contributed by atoms with Gasteiger partial charge in [-0.25, -0.2) is 9.97 Å². The van der Waals surface area contributed by atoms with Gasteiger partial charge in [0.05, 0.1) is 0 Å². The summed E-state index contributed by atoms with van der Waals surface area (Å²) in [6.45, 7) is 2.20. The molecule has 4 nitrogen and oxygen atoms in total. The van der Waals surface area contributed by atoms with Crippen LogP contribution in [0.3, 0.4) is 0 Å². The number of nitrogens with one attached hydrogen (secondary N) is 1. The van der Waals surface area contributed by atoms with Crippen molar-refractivity contribution in [3.8, 4) is 0 Å². The fourth-order valence-electron chi connectivity index (χ4n) is 2.56. The van der Waals surface area contributed by atoms with Crippen LogP contribution in [0.4, 0.5) is 17.3 Å². The van der Waals surface area contributed by atoms with Crippen LogP contribution in [0.2, 0.25) is 0 Å². The quantitative estimate of drug-likeness (QED) is 0.923. The van der Waals surface area contributed by atoms with E-state index in [0.29, 0.717) is 0 Å². The topological polar surface area (TPSA) is 41.0 Å². The predicted octanol–water partition coefficient (Wildman–Crippen LogP) is 3.60. The first-order chi connectivity index (χ1) is 9.92. The van der Waals surface area contributed by atoms with E-state index in [1.807, 2.05) is 36.4 Å². The largest absolute Gasteiger partial charge is 0.356 e. The number of hydrogen-bond donors (Lipinski definition) is 1. The van der Waals surface area contributed by atoms with Gasteiger partial charge in [-0.3, -0.25) is 0 Å². The van der Waals surface area contributed by atoms with E-state index in [1.54, 1.807) is 6.33 Å². The Hall–Kier alpha value is -2.10. The van der Waals surface area contributed by atoms with Gasteiger partial charge in [0.15, 0.2) is 0 Å². The molecular weight excluding hydrogens is 248 g/mol. The molecular formula is C16H20N4. The summed E-state index contributed by atoms with van der Waals surface area (Å²) in [4.78, 5) is 11.1. The van der Waals surface area contributed by atoms with Crippen molar-refractivity contribution in [3.05, 3.63) is 42.7 Å². The SMILES string of the molecule is c1ccc(Nc2cc(N3CCCCCC3)ncn2)cc1. The molecule has 2 heterocycles. The van der Waals surface area contributed by atoms with Crippen molar-refractivity contribution in [1.29, 1.82) is 0 Å². The van der Waals surface area contributed by atoms with Crippen LogP contribution in [0.1, 0.15) is 25.7 Å². The molecule has 1 N–H and O–H groups in total. The molecule has 0 aliphatic carbocycles. The molecule has 0 saturated carbocycles. The molecule has 0 amide bonds.